The van der Waals surface area contributed by atoms with Crippen molar-refractivity contribution in [3.8, 4) is 0 Å². The van der Waals surface area contributed by atoms with Crippen molar-refractivity contribution in [3.05, 3.63) is 48.6 Å². The van der Waals surface area contributed by atoms with Crippen molar-refractivity contribution in [1.82, 2.24) is 0 Å². The smallest absolute Gasteiger partial charge is 0.0144 e. The van der Waals surface area contributed by atoms with E-state index < -0.39 is 0 Å². The van der Waals surface area contributed by atoms with E-state index in [1.165, 1.54) is 16.0 Å². The van der Waals surface area contributed by atoms with Gasteiger partial charge in [-0.05, 0) is 29.4 Å². The lowest BCUT2D eigenvalue weighted by Gasteiger charge is -2.13. The third-order valence-electron chi connectivity index (χ3n) is 2.37. The van der Waals surface area contributed by atoms with Gasteiger partial charge in [0.1, 0.15) is 0 Å². The van der Waals surface area contributed by atoms with Crippen LogP contribution in [0.1, 0.15) is 24.0 Å². The largest absolute Gasteiger partial charge is 0.129 e. The zero-order chi connectivity index (χ0) is 10.6. The van der Waals surface area contributed by atoms with E-state index in [0.29, 0.717) is 5.92 Å². The quantitative estimate of drug-likeness (QED) is 0.519. The minimum absolute atomic E-state index is 0.384. The highest BCUT2D eigenvalue weighted by Gasteiger charge is 2.08. The maximum absolute atomic E-state index is 3.87. The predicted octanol–water partition coefficient (Wildman–Crippen LogP) is 4.34. The topological polar surface area (TPSA) is 0 Å². The van der Waals surface area contributed by atoms with Crippen molar-refractivity contribution in [1.29, 1.82) is 0 Å². The highest BCUT2D eigenvalue weighted by molar-refractivity contribution is 7.98. The number of allylic oxidation sites excluding steroid dienone is 1. The summed E-state index contributed by atoms with van der Waals surface area (Å²) in [6.07, 6.45) is 5.98. The lowest BCUT2D eigenvalue weighted by molar-refractivity contribution is 0.959. The van der Waals surface area contributed by atoms with Crippen LogP contribution in [-0.2, 0) is 0 Å². The van der Waals surface area contributed by atoms with Gasteiger partial charge < -0.3 is 0 Å². The van der Waals surface area contributed by atoms with Crippen molar-refractivity contribution >= 4 is 17.8 Å². The van der Waals surface area contributed by atoms with Gasteiger partial charge in [0.25, 0.3) is 0 Å². The molecule has 14 heavy (non-hydrogen) atoms. The van der Waals surface area contributed by atoms with Gasteiger partial charge in [-0.1, -0.05) is 37.8 Å². The Kier molecular flexibility index (Phi) is 4.02. The first-order valence-electron chi connectivity index (χ1n) is 4.66. The number of thioether (sulfide) groups is 1. The van der Waals surface area contributed by atoms with Gasteiger partial charge in [-0.3, -0.25) is 0 Å². The molecule has 0 aromatic heterocycles. The van der Waals surface area contributed by atoms with Gasteiger partial charge in [0.15, 0.2) is 0 Å². The number of hydrogen-bond acceptors (Lipinski definition) is 1. The molecule has 0 saturated heterocycles. The molecule has 0 fully saturated rings. The first-order chi connectivity index (χ1) is 6.74. The monoisotopic (exact) mass is 204 g/mol. The third-order valence-corrected chi connectivity index (χ3v) is 3.16. The Bertz CT molecular complexity index is 339. The first kappa shape index (κ1) is 11.1. The fourth-order valence-electron chi connectivity index (χ4n) is 1.48. The summed E-state index contributed by atoms with van der Waals surface area (Å²) < 4.78 is 0. The Morgan fingerprint density at radius 1 is 1.36 bits per heavy atom. The number of hydrogen-bond donors (Lipinski definition) is 0. The molecule has 0 aliphatic heterocycles. The van der Waals surface area contributed by atoms with E-state index in [1.807, 2.05) is 12.2 Å². The van der Waals surface area contributed by atoms with Crippen LogP contribution in [0, 0.1) is 0 Å². The molecule has 1 aromatic carbocycles. The summed E-state index contributed by atoms with van der Waals surface area (Å²) in [6.45, 7) is 9.85. The summed E-state index contributed by atoms with van der Waals surface area (Å²) >= 11 is 1.76. The van der Waals surface area contributed by atoms with Gasteiger partial charge in [0, 0.05) is 4.90 Å². The maximum Gasteiger partial charge on any atom is 0.0144 e. The molecule has 1 atom stereocenters. The molecule has 0 radical (unpaired) electrons. The molecular formula is C13H16S. The van der Waals surface area contributed by atoms with Gasteiger partial charge >= 0.3 is 0 Å². The van der Waals surface area contributed by atoms with Crippen molar-refractivity contribution in [2.75, 3.05) is 6.26 Å². The highest BCUT2D eigenvalue weighted by Crippen LogP contribution is 2.29. The minimum Gasteiger partial charge on any atom is -0.129 e. The van der Waals surface area contributed by atoms with Crippen molar-refractivity contribution in [2.45, 2.75) is 17.7 Å². The Hall–Kier alpha value is -0.950. The molecular weight excluding hydrogens is 188 g/mol. The van der Waals surface area contributed by atoms with E-state index in [4.69, 9.17) is 0 Å². The first-order valence-corrected chi connectivity index (χ1v) is 5.89. The standard InChI is InChI=1S/C13H16S/c1-5-10(3)12-8-7-9-13(14-4)11(12)6-2/h5-10H,1-2H2,3-4H3. The van der Waals surface area contributed by atoms with E-state index in [1.54, 1.807) is 11.8 Å². The molecule has 0 nitrogen and oxygen atoms in total. The molecule has 74 valence electrons. The Morgan fingerprint density at radius 3 is 2.57 bits per heavy atom. The fourth-order valence-corrected chi connectivity index (χ4v) is 2.12. The molecule has 1 heteroatoms. The normalized spacial score (nSPS) is 12.1. The van der Waals surface area contributed by atoms with Crippen LogP contribution >= 0.6 is 11.8 Å². The second kappa shape index (κ2) is 5.06. The summed E-state index contributed by atoms with van der Waals surface area (Å²) in [5.74, 6) is 0.384. The molecule has 0 N–H and O–H groups in total. The van der Waals surface area contributed by atoms with Gasteiger partial charge in [0.05, 0.1) is 0 Å². The number of benzene rings is 1. The summed E-state index contributed by atoms with van der Waals surface area (Å²) in [6, 6.07) is 6.36. The average molecular weight is 204 g/mol. The summed E-state index contributed by atoms with van der Waals surface area (Å²) in [5, 5.41) is 0. The van der Waals surface area contributed by atoms with E-state index in [9.17, 15) is 0 Å². The molecule has 1 aromatic rings. The van der Waals surface area contributed by atoms with Crippen LogP contribution in [0.15, 0.2) is 42.3 Å². The van der Waals surface area contributed by atoms with Crippen LogP contribution in [0.5, 0.6) is 0 Å². The van der Waals surface area contributed by atoms with Crippen LogP contribution < -0.4 is 0 Å². The fraction of sp³-hybridized carbons (Fsp3) is 0.231. The lowest BCUT2D eigenvalue weighted by atomic mass is 9.96. The zero-order valence-corrected chi connectivity index (χ0v) is 9.60. The second-order valence-electron chi connectivity index (χ2n) is 3.19. The molecule has 0 spiro atoms. The summed E-state index contributed by atoms with van der Waals surface area (Å²) in [4.78, 5) is 1.28. The van der Waals surface area contributed by atoms with Crippen molar-refractivity contribution < 1.29 is 0 Å². The molecule has 1 unspecified atom stereocenters. The Morgan fingerprint density at radius 2 is 2.07 bits per heavy atom. The molecule has 0 heterocycles. The van der Waals surface area contributed by atoms with E-state index in [-0.39, 0.29) is 0 Å². The number of rotatable bonds is 4. The Balaban J connectivity index is 3.28. The van der Waals surface area contributed by atoms with Crippen LogP contribution in [0.4, 0.5) is 0 Å². The minimum atomic E-state index is 0.384. The van der Waals surface area contributed by atoms with Crippen LogP contribution in [-0.4, -0.2) is 6.26 Å². The van der Waals surface area contributed by atoms with Gasteiger partial charge in [-0.2, -0.15) is 0 Å². The van der Waals surface area contributed by atoms with Crippen molar-refractivity contribution in [2.24, 2.45) is 0 Å². The van der Waals surface area contributed by atoms with Crippen LogP contribution in [0.3, 0.4) is 0 Å². The molecule has 0 saturated carbocycles. The van der Waals surface area contributed by atoms with Gasteiger partial charge in [-0.25, -0.2) is 0 Å². The molecule has 0 bridgehead atoms. The Labute approximate surface area is 90.7 Å². The lowest BCUT2D eigenvalue weighted by Crippen LogP contribution is -1.94. The third kappa shape index (κ3) is 2.10. The predicted molar refractivity (Wildman–Crippen MR) is 66.9 cm³/mol. The van der Waals surface area contributed by atoms with Crippen LogP contribution in [0.2, 0.25) is 0 Å². The van der Waals surface area contributed by atoms with E-state index in [2.05, 4.69) is 44.5 Å². The van der Waals surface area contributed by atoms with Crippen molar-refractivity contribution in [3.63, 3.8) is 0 Å². The van der Waals surface area contributed by atoms with E-state index in [0.717, 1.165) is 0 Å². The molecule has 0 amide bonds. The zero-order valence-electron chi connectivity index (χ0n) is 8.79. The van der Waals surface area contributed by atoms with Gasteiger partial charge in [0.2, 0.25) is 0 Å². The van der Waals surface area contributed by atoms with Gasteiger partial charge in [-0.15, -0.1) is 18.3 Å². The maximum atomic E-state index is 3.87. The highest BCUT2D eigenvalue weighted by atomic mass is 32.2. The molecule has 0 aliphatic carbocycles. The second-order valence-corrected chi connectivity index (χ2v) is 4.04. The summed E-state index contributed by atoms with van der Waals surface area (Å²) in [7, 11) is 0. The molecule has 1 rings (SSSR count). The molecule has 0 aliphatic rings. The van der Waals surface area contributed by atoms with Crippen LogP contribution in [0.25, 0.3) is 6.08 Å². The summed E-state index contributed by atoms with van der Waals surface area (Å²) in [5.41, 5.74) is 2.55. The van der Waals surface area contributed by atoms with E-state index >= 15 is 0 Å². The average Bonchev–Trinajstić information content (AvgIpc) is 2.26. The SMILES string of the molecule is C=Cc1c(SC)cccc1C(C)C=C.